The van der Waals surface area contributed by atoms with E-state index in [1.54, 1.807) is 0 Å². The Labute approximate surface area is 117 Å². The summed E-state index contributed by atoms with van der Waals surface area (Å²) in [6.45, 7) is 0.329. The SMILES string of the molecule is O=[N+]([O-])c1cc(F)c(F)cc1-c1nnc(CNC2CC2)o1. The molecule has 0 amide bonds. The van der Waals surface area contributed by atoms with Crippen LogP contribution in [0.25, 0.3) is 11.5 Å². The van der Waals surface area contributed by atoms with E-state index in [1.165, 1.54) is 0 Å². The van der Waals surface area contributed by atoms with E-state index in [0.29, 0.717) is 24.7 Å². The van der Waals surface area contributed by atoms with Crippen LogP contribution in [0.5, 0.6) is 0 Å². The Balaban J connectivity index is 1.91. The minimum atomic E-state index is -1.31. The molecule has 9 heteroatoms. The third-order valence-electron chi connectivity index (χ3n) is 3.05. The second kappa shape index (κ2) is 5.17. The van der Waals surface area contributed by atoms with Crippen molar-refractivity contribution in [3.8, 4) is 11.5 Å². The number of nitro groups is 1. The van der Waals surface area contributed by atoms with Gasteiger partial charge in [-0.3, -0.25) is 10.1 Å². The summed E-state index contributed by atoms with van der Waals surface area (Å²) in [6.07, 6.45) is 2.16. The molecule has 1 aromatic carbocycles. The first-order chi connectivity index (χ1) is 10.0. The molecule has 0 spiro atoms. The van der Waals surface area contributed by atoms with Gasteiger partial charge in [0.15, 0.2) is 11.6 Å². The lowest BCUT2D eigenvalue weighted by atomic mass is 10.1. The summed E-state index contributed by atoms with van der Waals surface area (Å²) < 4.78 is 31.6. The van der Waals surface area contributed by atoms with Crippen LogP contribution < -0.4 is 5.32 Å². The fourth-order valence-electron chi connectivity index (χ4n) is 1.81. The first kappa shape index (κ1) is 13.6. The molecule has 1 fully saturated rings. The van der Waals surface area contributed by atoms with E-state index in [0.717, 1.165) is 12.8 Å². The second-order valence-electron chi connectivity index (χ2n) is 4.70. The zero-order valence-electron chi connectivity index (χ0n) is 10.7. The monoisotopic (exact) mass is 296 g/mol. The average molecular weight is 296 g/mol. The Hall–Kier alpha value is -2.42. The molecule has 1 aliphatic carbocycles. The molecule has 7 nitrogen and oxygen atoms in total. The fourth-order valence-corrected chi connectivity index (χ4v) is 1.81. The van der Waals surface area contributed by atoms with E-state index in [9.17, 15) is 18.9 Å². The molecule has 1 heterocycles. The van der Waals surface area contributed by atoms with Gasteiger partial charge in [-0.05, 0) is 18.9 Å². The van der Waals surface area contributed by atoms with Crippen LogP contribution in [0, 0.1) is 21.7 Å². The number of nitrogens with zero attached hydrogens (tertiary/aromatic N) is 3. The summed E-state index contributed by atoms with van der Waals surface area (Å²) in [6, 6.07) is 1.61. The molecule has 1 aliphatic rings. The molecule has 110 valence electrons. The van der Waals surface area contributed by atoms with Gasteiger partial charge in [-0.2, -0.15) is 0 Å². The van der Waals surface area contributed by atoms with Gasteiger partial charge >= 0.3 is 0 Å². The third kappa shape index (κ3) is 2.87. The van der Waals surface area contributed by atoms with Crippen LogP contribution in [0.1, 0.15) is 18.7 Å². The number of rotatable bonds is 5. The highest BCUT2D eigenvalue weighted by Gasteiger charge is 2.25. The quantitative estimate of drug-likeness (QED) is 0.671. The Bertz CT molecular complexity index is 700. The number of halogens is 2. The van der Waals surface area contributed by atoms with Crippen LogP contribution in [0.15, 0.2) is 16.5 Å². The summed E-state index contributed by atoms with van der Waals surface area (Å²) >= 11 is 0. The summed E-state index contributed by atoms with van der Waals surface area (Å²) in [5.74, 6) is -2.50. The summed E-state index contributed by atoms with van der Waals surface area (Å²) in [5.41, 5.74) is -0.872. The fraction of sp³-hybridized carbons (Fsp3) is 0.333. The van der Waals surface area contributed by atoms with Gasteiger partial charge in [-0.1, -0.05) is 0 Å². The lowest BCUT2D eigenvalue weighted by molar-refractivity contribution is -0.384. The van der Waals surface area contributed by atoms with E-state index in [1.807, 2.05) is 0 Å². The summed E-state index contributed by atoms with van der Waals surface area (Å²) in [5, 5.41) is 21.4. The van der Waals surface area contributed by atoms with Gasteiger partial charge in [0.2, 0.25) is 5.89 Å². The van der Waals surface area contributed by atoms with Crippen molar-refractivity contribution in [2.75, 3.05) is 0 Å². The van der Waals surface area contributed by atoms with Gasteiger partial charge in [0.05, 0.1) is 17.5 Å². The van der Waals surface area contributed by atoms with Crippen molar-refractivity contribution in [3.05, 3.63) is 39.8 Å². The van der Waals surface area contributed by atoms with Gasteiger partial charge in [0.25, 0.3) is 11.6 Å². The molecule has 0 atom stereocenters. The molecule has 0 unspecified atom stereocenters. The van der Waals surface area contributed by atoms with E-state index in [2.05, 4.69) is 15.5 Å². The summed E-state index contributed by atoms with van der Waals surface area (Å²) in [7, 11) is 0. The van der Waals surface area contributed by atoms with Gasteiger partial charge < -0.3 is 9.73 Å². The highest BCUT2D eigenvalue weighted by molar-refractivity contribution is 5.66. The Kier molecular flexibility index (Phi) is 3.34. The van der Waals surface area contributed by atoms with Crippen LogP contribution in [0.4, 0.5) is 14.5 Å². The Morgan fingerprint density at radius 2 is 2.05 bits per heavy atom. The molecule has 21 heavy (non-hydrogen) atoms. The third-order valence-corrected chi connectivity index (χ3v) is 3.05. The van der Waals surface area contributed by atoms with Crippen molar-refractivity contribution in [3.63, 3.8) is 0 Å². The lowest BCUT2D eigenvalue weighted by Gasteiger charge is -2.00. The lowest BCUT2D eigenvalue weighted by Crippen LogP contribution is -2.15. The molecule has 1 saturated carbocycles. The minimum absolute atomic E-state index is 0.215. The van der Waals surface area contributed by atoms with Crippen LogP contribution in [0.3, 0.4) is 0 Å². The maximum atomic E-state index is 13.3. The molecule has 0 aliphatic heterocycles. The van der Waals surface area contributed by atoms with Crippen molar-refractivity contribution in [1.29, 1.82) is 0 Å². The largest absolute Gasteiger partial charge is 0.419 e. The number of hydrogen-bond donors (Lipinski definition) is 1. The normalized spacial score (nSPS) is 14.4. The van der Waals surface area contributed by atoms with Crippen LogP contribution in [0.2, 0.25) is 0 Å². The van der Waals surface area contributed by atoms with Crippen molar-refractivity contribution in [1.82, 2.24) is 15.5 Å². The van der Waals surface area contributed by atoms with Crippen molar-refractivity contribution < 1.29 is 18.1 Å². The molecule has 2 aromatic rings. The molecule has 0 saturated heterocycles. The van der Waals surface area contributed by atoms with E-state index >= 15 is 0 Å². The highest BCUT2D eigenvalue weighted by atomic mass is 19.2. The molecule has 0 radical (unpaired) electrons. The minimum Gasteiger partial charge on any atom is -0.419 e. The highest BCUT2D eigenvalue weighted by Crippen LogP contribution is 2.31. The molecule has 1 N–H and O–H groups in total. The number of aromatic nitrogens is 2. The van der Waals surface area contributed by atoms with Crippen LogP contribution in [-0.4, -0.2) is 21.2 Å². The van der Waals surface area contributed by atoms with Crippen molar-refractivity contribution in [2.24, 2.45) is 0 Å². The number of hydrogen-bond acceptors (Lipinski definition) is 6. The molecule has 3 rings (SSSR count). The average Bonchev–Trinajstić information content (AvgIpc) is 3.16. The smallest absolute Gasteiger partial charge is 0.285 e. The first-order valence-electron chi connectivity index (χ1n) is 6.24. The standard InChI is InChI=1S/C12H10F2N4O3/c13-8-3-7(10(18(19)20)4-9(8)14)12-17-16-11(21-12)5-15-6-1-2-6/h3-4,6,15H,1-2,5H2. The van der Waals surface area contributed by atoms with Gasteiger partial charge in [0.1, 0.15) is 5.56 Å². The van der Waals surface area contributed by atoms with E-state index in [-0.39, 0.29) is 17.3 Å². The van der Waals surface area contributed by atoms with Gasteiger partial charge in [-0.25, -0.2) is 8.78 Å². The van der Waals surface area contributed by atoms with Gasteiger partial charge in [0, 0.05) is 6.04 Å². The molecule has 0 bridgehead atoms. The van der Waals surface area contributed by atoms with E-state index < -0.39 is 22.2 Å². The number of benzene rings is 1. The summed E-state index contributed by atoms with van der Waals surface area (Å²) in [4.78, 5) is 10.1. The number of nitro benzene ring substituents is 1. The molecular weight excluding hydrogens is 286 g/mol. The van der Waals surface area contributed by atoms with Crippen LogP contribution in [-0.2, 0) is 6.54 Å². The van der Waals surface area contributed by atoms with Crippen molar-refractivity contribution >= 4 is 5.69 Å². The predicted molar refractivity (Wildman–Crippen MR) is 66.2 cm³/mol. The Morgan fingerprint density at radius 3 is 2.71 bits per heavy atom. The molecular formula is C12H10F2N4O3. The second-order valence-corrected chi connectivity index (χ2v) is 4.70. The van der Waals surface area contributed by atoms with E-state index in [4.69, 9.17) is 4.42 Å². The Morgan fingerprint density at radius 1 is 1.33 bits per heavy atom. The zero-order valence-corrected chi connectivity index (χ0v) is 10.7. The maximum absolute atomic E-state index is 13.3. The van der Waals surface area contributed by atoms with Crippen LogP contribution >= 0.6 is 0 Å². The molecule has 1 aromatic heterocycles. The zero-order chi connectivity index (χ0) is 15.0. The number of nitrogens with one attached hydrogen (secondary N) is 1. The maximum Gasteiger partial charge on any atom is 0.285 e. The van der Waals surface area contributed by atoms with Gasteiger partial charge in [-0.15, -0.1) is 10.2 Å². The first-order valence-corrected chi connectivity index (χ1v) is 6.24. The predicted octanol–water partition coefficient (Wildman–Crippen LogP) is 2.17. The van der Waals surface area contributed by atoms with Crippen molar-refractivity contribution in [2.45, 2.75) is 25.4 Å². The topological polar surface area (TPSA) is 94.1 Å².